The molecule has 1 heterocycles. The lowest BCUT2D eigenvalue weighted by atomic mass is 9.96. The number of hydrogen-bond donors (Lipinski definition) is 0. The molecule has 4 nitrogen and oxygen atoms in total. The first-order valence-corrected chi connectivity index (χ1v) is 9.14. The second-order valence-electron chi connectivity index (χ2n) is 6.22. The van der Waals surface area contributed by atoms with Crippen molar-refractivity contribution in [1.82, 2.24) is 9.55 Å². The molecule has 0 aliphatic carbocycles. The number of hydrogen-bond acceptors (Lipinski definition) is 3. The Bertz CT molecular complexity index is 799. The van der Waals surface area contributed by atoms with Crippen LogP contribution in [0, 0.1) is 5.92 Å². The van der Waals surface area contributed by atoms with E-state index in [4.69, 9.17) is 23.2 Å². The molecule has 0 aliphatic rings. The lowest BCUT2D eigenvalue weighted by molar-refractivity contribution is 0.0978. The lowest BCUT2D eigenvalue weighted by Gasteiger charge is -2.24. The normalized spacial score (nSPS) is 13.5. The zero-order valence-electron chi connectivity index (χ0n) is 14.8. The summed E-state index contributed by atoms with van der Waals surface area (Å²) in [6.45, 7) is 7.77. The topological polar surface area (TPSA) is 52.0 Å². The maximum absolute atomic E-state index is 12.9. The fourth-order valence-corrected chi connectivity index (χ4v) is 3.57. The van der Waals surface area contributed by atoms with E-state index >= 15 is 0 Å². The van der Waals surface area contributed by atoms with E-state index in [1.807, 2.05) is 4.57 Å². The highest BCUT2D eigenvalue weighted by atomic mass is 35.5. The van der Waals surface area contributed by atoms with Crippen LogP contribution in [0.25, 0.3) is 0 Å². The Morgan fingerprint density at radius 2 is 1.88 bits per heavy atom. The van der Waals surface area contributed by atoms with E-state index in [1.54, 1.807) is 18.5 Å². The summed E-state index contributed by atoms with van der Waals surface area (Å²) in [7, 11) is 0. The Labute approximate surface area is 158 Å². The van der Waals surface area contributed by atoms with Crippen molar-refractivity contribution < 1.29 is 9.59 Å². The Morgan fingerprint density at radius 1 is 1.20 bits per heavy atom. The number of rotatable bonds is 7. The summed E-state index contributed by atoms with van der Waals surface area (Å²) < 4.78 is 1.84. The second kappa shape index (κ2) is 8.15. The van der Waals surface area contributed by atoms with Crippen molar-refractivity contribution in [2.24, 2.45) is 5.92 Å². The predicted octanol–water partition coefficient (Wildman–Crippen LogP) is 5.62. The van der Waals surface area contributed by atoms with Crippen molar-refractivity contribution in [3.63, 3.8) is 0 Å². The highest BCUT2D eigenvalue weighted by Crippen LogP contribution is 2.29. The molecular formula is C19H22Cl2N2O2. The van der Waals surface area contributed by atoms with Gasteiger partial charge in [0.15, 0.2) is 5.78 Å². The molecule has 2 rings (SSSR count). The third-order valence-electron chi connectivity index (χ3n) is 4.59. The summed E-state index contributed by atoms with van der Waals surface area (Å²) in [4.78, 5) is 29.5. The van der Waals surface area contributed by atoms with Gasteiger partial charge in [-0.25, -0.2) is 4.98 Å². The molecule has 1 aromatic heterocycles. The Morgan fingerprint density at radius 3 is 2.40 bits per heavy atom. The highest BCUT2D eigenvalue weighted by Gasteiger charge is 2.28. The van der Waals surface area contributed by atoms with Gasteiger partial charge in [-0.05, 0) is 30.5 Å². The van der Waals surface area contributed by atoms with Gasteiger partial charge < -0.3 is 4.57 Å². The summed E-state index contributed by atoms with van der Waals surface area (Å²) in [5.74, 6) is -0.198. The van der Waals surface area contributed by atoms with Crippen LogP contribution in [0.1, 0.15) is 73.1 Å². The molecule has 0 saturated carbocycles. The first kappa shape index (κ1) is 19.7. The van der Waals surface area contributed by atoms with Crippen LogP contribution >= 0.6 is 23.2 Å². The van der Waals surface area contributed by atoms with Crippen LogP contribution < -0.4 is 0 Å². The summed E-state index contributed by atoms with van der Waals surface area (Å²) >= 11 is 12.0. The molecule has 2 atom stereocenters. The van der Waals surface area contributed by atoms with Gasteiger partial charge in [0, 0.05) is 23.6 Å². The molecule has 6 heteroatoms. The number of aromatic nitrogens is 2. The molecule has 0 N–H and O–H groups in total. The average Bonchev–Trinajstić information content (AvgIpc) is 2.99. The summed E-state index contributed by atoms with van der Waals surface area (Å²) in [5.41, 5.74) is 0.761. The third-order valence-corrected chi connectivity index (χ3v) is 5.14. The van der Waals surface area contributed by atoms with E-state index < -0.39 is 0 Å². The van der Waals surface area contributed by atoms with Crippen molar-refractivity contribution in [2.45, 2.75) is 46.6 Å². The Balaban J connectivity index is 2.55. The molecule has 0 saturated heterocycles. The van der Waals surface area contributed by atoms with Crippen molar-refractivity contribution in [1.29, 1.82) is 0 Å². The summed E-state index contributed by atoms with van der Waals surface area (Å²) in [5, 5.41) is 0.692. The van der Waals surface area contributed by atoms with E-state index in [-0.39, 0.29) is 33.9 Å². The van der Waals surface area contributed by atoms with Gasteiger partial charge in [0.25, 0.3) is 0 Å². The van der Waals surface area contributed by atoms with E-state index in [0.717, 1.165) is 12.8 Å². The average molecular weight is 381 g/mol. The smallest absolute Gasteiger partial charge is 0.215 e. The number of ketones is 2. The van der Waals surface area contributed by atoms with E-state index in [0.29, 0.717) is 16.6 Å². The number of halogens is 2. The SMILES string of the molecule is CCC(C)C(CC)n1cnc(C(=O)c2ccc(Cl)cc2Cl)c1C(C)=O. The van der Waals surface area contributed by atoms with Crippen molar-refractivity contribution in [2.75, 3.05) is 0 Å². The van der Waals surface area contributed by atoms with Crippen LogP contribution in [-0.2, 0) is 0 Å². The minimum atomic E-state index is -0.371. The molecular weight excluding hydrogens is 359 g/mol. The molecule has 0 amide bonds. The number of carbonyl (C=O) groups excluding carboxylic acids is 2. The molecule has 2 aromatic rings. The Hall–Kier alpha value is -1.65. The predicted molar refractivity (Wildman–Crippen MR) is 101 cm³/mol. The summed E-state index contributed by atoms with van der Waals surface area (Å²) in [6, 6.07) is 4.77. The molecule has 0 aliphatic heterocycles. The number of carbonyl (C=O) groups is 2. The number of Topliss-reactive ketones (excluding diaryl/α,β-unsaturated/α-hetero) is 1. The monoisotopic (exact) mass is 380 g/mol. The summed E-state index contributed by atoms with van der Waals surface area (Å²) in [6.07, 6.45) is 3.41. The minimum Gasteiger partial charge on any atom is -0.324 e. The number of nitrogens with zero attached hydrogens (tertiary/aromatic N) is 2. The lowest BCUT2D eigenvalue weighted by Crippen LogP contribution is -2.20. The quantitative estimate of drug-likeness (QED) is 0.585. The van der Waals surface area contributed by atoms with Gasteiger partial charge in [-0.1, -0.05) is 50.4 Å². The van der Waals surface area contributed by atoms with E-state index in [2.05, 4.69) is 25.8 Å². The molecule has 1 aromatic carbocycles. The van der Waals surface area contributed by atoms with Crippen LogP contribution in [0.3, 0.4) is 0 Å². The van der Waals surface area contributed by atoms with Gasteiger partial charge in [0.05, 0.1) is 11.3 Å². The van der Waals surface area contributed by atoms with Crippen molar-refractivity contribution in [3.8, 4) is 0 Å². The Kier molecular flexibility index (Phi) is 6.42. The molecule has 2 unspecified atom stereocenters. The third kappa shape index (κ3) is 3.96. The van der Waals surface area contributed by atoms with E-state index in [9.17, 15) is 9.59 Å². The second-order valence-corrected chi connectivity index (χ2v) is 7.06. The fourth-order valence-electron chi connectivity index (χ4n) is 3.07. The standard InChI is InChI=1S/C19H22Cl2N2O2/c1-5-11(3)16(6-2)23-10-22-17(18(23)12(4)24)19(25)14-8-7-13(20)9-15(14)21/h7-11,16H,5-6H2,1-4H3. The molecule has 134 valence electrons. The molecule has 0 spiro atoms. The highest BCUT2D eigenvalue weighted by molar-refractivity contribution is 6.37. The fraction of sp³-hybridized carbons (Fsp3) is 0.421. The van der Waals surface area contributed by atoms with Crippen LogP contribution in [0.2, 0.25) is 10.0 Å². The van der Waals surface area contributed by atoms with Crippen LogP contribution in [0.4, 0.5) is 0 Å². The van der Waals surface area contributed by atoms with Gasteiger partial charge in [0.1, 0.15) is 11.4 Å². The molecule has 25 heavy (non-hydrogen) atoms. The zero-order valence-corrected chi connectivity index (χ0v) is 16.4. The van der Waals surface area contributed by atoms with Crippen LogP contribution in [-0.4, -0.2) is 21.1 Å². The van der Waals surface area contributed by atoms with E-state index in [1.165, 1.54) is 13.0 Å². The maximum atomic E-state index is 12.9. The zero-order chi connectivity index (χ0) is 18.7. The van der Waals surface area contributed by atoms with Crippen LogP contribution in [0.5, 0.6) is 0 Å². The largest absolute Gasteiger partial charge is 0.324 e. The van der Waals surface area contributed by atoms with Crippen molar-refractivity contribution in [3.05, 3.63) is 51.5 Å². The van der Waals surface area contributed by atoms with Crippen molar-refractivity contribution >= 4 is 34.8 Å². The first-order valence-electron chi connectivity index (χ1n) is 8.39. The molecule has 0 bridgehead atoms. The van der Waals surface area contributed by atoms with Gasteiger partial charge in [-0.15, -0.1) is 0 Å². The van der Waals surface area contributed by atoms with Crippen LogP contribution in [0.15, 0.2) is 24.5 Å². The number of imidazole rings is 1. The minimum absolute atomic E-state index is 0.110. The molecule has 0 fully saturated rings. The van der Waals surface area contributed by atoms with Gasteiger partial charge in [-0.3, -0.25) is 9.59 Å². The molecule has 0 radical (unpaired) electrons. The van der Waals surface area contributed by atoms with Gasteiger partial charge in [-0.2, -0.15) is 0 Å². The first-order chi connectivity index (χ1) is 11.8. The van der Waals surface area contributed by atoms with Gasteiger partial charge >= 0.3 is 0 Å². The number of benzene rings is 1. The maximum Gasteiger partial charge on any atom is 0.215 e. The van der Waals surface area contributed by atoms with Gasteiger partial charge in [0.2, 0.25) is 5.78 Å².